The first-order valence-electron chi connectivity index (χ1n) is 9.98. The summed E-state index contributed by atoms with van der Waals surface area (Å²) in [5, 5.41) is 10.3. The molecular weight excluding hydrogens is 376 g/mol. The molecule has 0 saturated heterocycles. The molecule has 0 aliphatic carbocycles. The molecule has 2 N–H and O–H groups in total. The summed E-state index contributed by atoms with van der Waals surface area (Å²) in [6, 6.07) is 11.4. The van der Waals surface area contributed by atoms with Crippen molar-refractivity contribution in [1.82, 2.24) is 0 Å². The number of ether oxygens (including phenoxy) is 1. The van der Waals surface area contributed by atoms with E-state index in [2.05, 4.69) is 6.92 Å². The SMILES string of the molecule is CCCCCCCCCCc1cc(S(=O)(=O)O)cc(O)c1Oc1ccccc1. The fraction of sp³-hybridized carbons (Fsp3) is 0.455. The molecule has 2 aromatic rings. The smallest absolute Gasteiger partial charge is 0.294 e. The second-order valence-electron chi connectivity index (χ2n) is 7.05. The third-order valence-electron chi connectivity index (χ3n) is 4.68. The van der Waals surface area contributed by atoms with Gasteiger partial charge in [-0.1, -0.05) is 70.1 Å². The molecule has 0 aromatic heterocycles. The number of aromatic hydroxyl groups is 1. The largest absolute Gasteiger partial charge is 0.504 e. The molecule has 5 nitrogen and oxygen atoms in total. The number of aryl methyl sites for hydroxylation is 1. The lowest BCUT2D eigenvalue weighted by atomic mass is 10.0. The highest BCUT2D eigenvalue weighted by molar-refractivity contribution is 7.85. The van der Waals surface area contributed by atoms with Crippen molar-refractivity contribution in [3.63, 3.8) is 0 Å². The highest BCUT2D eigenvalue weighted by atomic mass is 32.2. The van der Waals surface area contributed by atoms with Crippen LogP contribution in [-0.4, -0.2) is 18.1 Å². The van der Waals surface area contributed by atoms with E-state index in [9.17, 15) is 18.1 Å². The standard InChI is InChI=1S/C22H30O5S/c1-2-3-4-5-6-7-8-10-13-18-16-20(28(24,25)26)17-21(23)22(18)27-19-14-11-9-12-15-19/h9,11-12,14-17,23H,2-8,10,13H2,1H3,(H,24,25,26). The Bertz CT molecular complexity index is 832. The number of hydrogen-bond donors (Lipinski definition) is 2. The second-order valence-corrected chi connectivity index (χ2v) is 8.47. The van der Waals surface area contributed by atoms with Crippen molar-refractivity contribution in [2.45, 2.75) is 69.6 Å². The summed E-state index contributed by atoms with van der Waals surface area (Å²) in [6.07, 6.45) is 9.80. The minimum atomic E-state index is -4.40. The Morgan fingerprint density at radius 3 is 2.11 bits per heavy atom. The van der Waals surface area contributed by atoms with E-state index in [0.717, 1.165) is 25.3 Å². The van der Waals surface area contributed by atoms with E-state index in [1.165, 1.54) is 38.2 Å². The highest BCUT2D eigenvalue weighted by Gasteiger charge is 2.18. The normalized spacial score (nSPS) is 11.5. The molecule has 0 aliphatic heterocycles. The number of unbranched alkanes of at least 4 members (excludes halogenated alkanes) is 7. The molecule has 0 fully saturated rings. The maximum Gasteiger partial charge on any atom is 0.294 e. The molecule has 28 heavy (non-hydrogen) atoms. The fourth-order valence-corrected chi connectivity index (χ4v) is 3.70. The van der Waals surface area contributed by atoms with Gasteiger partial charge in [-0.15, -0.1) is 0 Å². The predicted octanol–water partition coefficient (Wildman–Crippen LogP) is 6.11. The van der Waals surface area contributed by atoms with Gasteiger partial charge in [0.05, 0.1) is 4.90 Å². The molecular formula is C22H30O5S. The first kappa shape index (κ1) is 22.2. The van der Waals surface area contributed by atoms with Crippen molar-refractivity contribution in [1.29, 1.82) is 0 Å². The topological polar surface area (TPSA) is 83.8 Å². The minimum Gasteiger partial charge on any atom is -0.504 e. The lowest BCUT2D eigenvalue weighted by Crippen LogP contribution is -2.01. The number of phenols is 1. The molecule has 0 radical (unpaired) electrons. The van der Waals surface area contributed by atoms with E-state index < -0.39 is 10.1 Å². The van der Waals surface area contributed by atoms with Gasteiger partial charge in [0, 0.05) is 11.6 Å². The van der Waals surface area contributed by atoms with Gasteiger partial charge in [-0.3, -0.25) is 4.55 Å². The summed E-state index contributed by atoms with van der Waals surface area (Å²) in [6.45, 7) is 2.20. The van der Waals surface area contributed by atoms with Gasteiger partial charge in [-0.2, -0.15) is 8.42 Å². The Morgan fingerprint density at radius 1 is 0.893 bits per heavy atom. The molecule has 2 aromatic carbocycles. The Kier molecular flexibility index (Phi) is 8.80. The van der Waals surface area contributed by atoms with Crippen molar-refractivity contribution in [2.24, 2.45) is 0 Å². The van der Waals surface area contributed by atoms with Gasteiger partial charge in [-0.25, -0.2) is 0 Å². The average Bonchev–Trinajstić information content (AvgIpc) is 2.66. The van der Waals surface area contributed by atoms with Crippen molar-refractivity contribution < 1.29 is 22.8 Å². The number of para-hydroxylation sites is 1. The van der Waals surface area contributed by atoms with Gasteiger partial charge in [0.15, 0.2) is 11.5 Å². The molecule has 6 heteroatoms. The fourth-order valence-electron chi connectivity index (χ4n) is 3.15. The maximum absolute atomic E-state index is 11.5. The zero-order valence-corrected chi connectivity index (χ0v) is 17.2. The average molecular weight is 407 g/mol. The van der Waals surface area contributed by atoms with Crippen molar-refractivity contribution in [2.75, 3.05) is 0 Å². The number of phenolic OH excluding ortho intramolecular Hbond substituents is 1. The number of benzene rings is 2. The maximum atomic E-state index is 11.5. The molecule has 0 spiro atoms. The first-order chi connectivity index (χ1) is 13.4. The highest BCUT2D eigenvalue weighted by Crippen LogP contribution is 2.37. The third kappa shape index (κ3) is 7.17. The van der Waals surface area contributed by atoms with Crippen LogP contribution in [0.25, 0.3) is 0 Å². The monoisotopic (exact) mass is 406 g/mol. The Balaban J connectivity index is 2.07. The van der Waals surface area contributed by atoms with Crippen LogP contribution >= 0.6 is 0 Å². The molecule has 0 amide bonds. The van der Waals surface area contributed by atoms with E-state index in [0.29, 0.717) is 17.7 Å². The number of rotatable bonds is 12. The quantitative estimate of drug-likeness (QED) is 0.328. The molecule has 0 saturated carbocycles. The van der Waals surface area contributed by atoms with Crippen LogP contribution in [0, 0.1) is 0 Å². The van der Waals surface area contributed by atoms with Crippen LogP contribution in [0.3, 0.4) is 0 Å². The third-order valence-corrected chi connectivity index (χ3v) is 5.51. The summed E-state index contributed by atoms with van der Waals surface area (Å²) >= 11 is 0. The van der Waals surface area contributed by atoms with Crippen LogP contribution in [0.5, 0.6) is 17.2 Å². The van der Waals surface area contributed by atoms with Crippen molar-refractivity contribution in [3.8, 4) is 17.2 Å². The Labute approximate surface area is 168 Å². The van der Waals surface area contributed by atoms with Crippen LogP contribution in [0.2, 0.25) is 0 Å². The number of hydrogen-bond acceptors (Lipinski definition) is 4. The summed E-state index contributed by atoms with van der Waals surface area (Å²) in [7, 11) is -4.40. The zero-order valence-electron chi connectivity index (χ0n) is 16.4. The Morgan fingerprint density at radius 2 is 1.50 bits per heavy atom. The molecule has 0 heterocycles. The lowest BCUT2D eigenvalue weighted by Gasteiger charge is -2.14. The molecule has 0 unspecified atom stereocenters. The van der Waals surface area contributed by atoms with E-state index in [1.54, 1.807) is 12.1 Å². The minimum absolute atomic E-state index is 0.238. The lowest BCUT2D eigenvalue weighted by molar-refractivity contribution is 0.404. The molecule has 154 valence electrons. The van der Waals surface area contributed by atoms with E-state index in [-0.39, 0.29) is 16.4 Å². The van der Waals surface area contributed by atoms with Crippen LogP contribution in [0.1, 0.15) is 63.9 Å². The molecule has 0 atom stereocenters. The van der Waals surface area contributed by atoms with E-state index in [4.69, 9.17) is 4.74 Å². The molecule has 0 aliphatic rings. The Hall–Kier alpha value is -2.05. The van der Waals surface area contributed by atoms with E-state index >= 15 is 0 Å². The van der Waals surface area contributed by atoms with Crippen LogP contribution in [0.4, 0.5) is 0 Å². The van der Waals surface area contributed by atoms with Gasteiger partial charge in [0.25, 0.3) is 10.1 Å². The van der Waals surface area contributed by atoms with Gasteiger partial charge >= 0.3 is 0 Å². The zero-order chi connectivity index (χ0) is 20.4. The summed E-state index contributed by atoms with van der Waals surface area (Å²) < 4.78 is 38.2. The van der Waals surface area contributed by atoms with Crippen molar-refractivity contribution >= 4 is 10.1 Å². The van der Waals surface area contributed by atoms with Crippen LogP contribution in [-0.2, 0) is 16.5 Å². The molecule has 0 bridgehead atoms. The van der Waals surface area contributed by atoms with Gasteiger partial charge in [0.2, 0.25) is 0 Å². The second kappa shape index (κ2) is 11.1. The molecule has 2 rings (SSSR count). The van der Waals surface area contributed by atoms with Gasteiger partial charge in [0.1, 0.15) is 5.75 Å². The predicted molar refractivity (Wildman–Crippen MR) is 111 cm³/mol. The summed E-state index contributed by atoms with van der Waals surface area (Å²) in [4.78, 5) is -0.319. The summed E-state index contributed by atoms with van der Waals surface area (Å²) in [5.74, 6) is 0.490. The van der Waals surface area contributed by atoms with Gasteiger partial charge < -0.3 is 9.84 Å². The van der Waals surface area contributed by atoms with Crippen LogP contribution < -0.4 is 4.74 Å². The van der Waals surface area contributed by atoms with Crippen LogP contribution in [0.15, 0.2) is 47.4 Å². The van der Waals surface area contributed by atoms with Crippen molar-refractivity contribution in [3.05, 3.63) is 48.0 Å². The first-order valence-corrected chi connectivity index (χ1v) is 11.4. The summed E-state index contributed by atoms with van der Waals surface area (Å²) in [5.41, 5.74) is 0.572. The van der Waals surface area contributed by atoms with E-state index in [1.807, 2.05) is 18.2 Å². The van der Waals surface area contributed by atoms with Gasteiger partial charge in [-0.05, 0) is 31.0 Å².